The van der Waals surface area contributed by atoms with Crippen molar-refractivity contribution in [3.63, 3.8) is 0 Å². The van der Waals surface area contributed by atoms with E-state index in [1.54, 1.807) is 14.2 Å². The Labute approximate surface area is 150 Å². The number of nitrogens with one attached hydrogen (secondary N) is 1. The van der Waals surface area contributed by atoms with E-state index in [2.05, 4.69) is 10.2 Å². The molecule has 2 aliphatic heterocycles. The molecule has 138 valence electrons. The number of ether oxygens (including phenoxy) is 2. The van der Waals surface area contributed by atoms with E-state index in [0.29, 0.717) is 12.5 Å². The van der Waals surface area contributed by atoms with E-state index in [1.807, 2.05) is 23.1 Å². The van der Waals surface area contributed by atoms with Gasteiger partial charge < -0.3 is 19.7 Å². The second kappa shape index (κ2) is 8.54. The molecule has 0 saturated carbocycles. The summed E-state index contributed by atoms with van der Waals surface area (Å²) in [6.07, 6.45) is 2.96. The van der Waals surface area contributed by atoms with Gasteiger partial charge in [0.1, 0.15) is 11.5 Å². The van der Waals surface area contributed by atoms with Crippen LogP contribution >= 0.6 is 0 Å². The topological polar surface area (TPSA) is 54.0 Å². The molecule has 1 N–H and O–H groups in total. The van der Waals surface area contributed by atoms with E-state index < -0.39 is 0 Å². The molecule has 1 unspecified atom stereocenters. The minimum Gasteiger partial charge on any atom is -0.497 e. The number of methoxy groups -OCH3 is 2. The molecule has 0 spiro atoms. The van der Waals surface area contributed by atoms with Crippen LogP contribution in [-0.2, 0) is 11.3 Å². The van der Waals surface area contributed by atoms with Gasteiger partial charge in [0.2, 0.25) is 5.91 Å². The van der Waals surface area contributed by atoms with Crippen molar-refractivity contribution in [1.29, 1.82) is 0 Å². The van der Waals surface area contributed by atoms with Crippen molar-refractivity contribution in [3.05, 3.63) is 23.8 Å². The molecule has 0 aromatic heterocycles. The van der Waals surface area contributed by atoms with E-state index >= 15 is 0 Å². The summed E-state index contributed by atoms with van der Waals surface area (Å²) < 4.78 is 10.8. The van der Waals surface area contributed by atoms with Gasteiger partial charge in [-0.05, 0) is 37.6 Å². The van der Waals surface area contributed by atoms with Gasteiger partial charge in [-0.3, -0.25) is 9.69 Å². The molecule has 0 aliphatic carbocycles. The molecule has 2 heterocycles. The first-order chi connectivity index (χ1) is 12.2. The Kier molecular flexibility index (Phi) is 6.15. The fourth-order valence-corrected chi connectivity index (χ4v) is 3.67. The van der Waals surface area contributed by atoms with Gasteiger partial charge in [-0.25, -0.2) is 0 Å². The third-order valence-electron chi connectivity index (χ3n) is 5.19. The lowest BCUT2D eigenvalue weighted by molar-refractivity contribution is -0.133. The van der Waals surface area contributed by atoms with Gasteiger partial charge in [-0.1, -0.05) is 0 Å². The van der Waals surface area contributed by atoms with E-state index in [9.17, 15) is 4.79 Å². The van der Waals surface area contributed by atoms with Crippen LogP contribution < -0.4 is 14.8 Å². The number of carbonyl (C=O) groups is 1. The van der Waals surface area contributed by atoms with Gasteiger partial charge in [0.25, 0.3) is 0 Å². The van der Waals surface area contributed by atoms with Crippen LogP contribution in [0.2, 0.25) is 0 Å². The fourth-order valence-electron chi connectivity index (χ4n) is 3.67. The van der Waals surface area contributed by atoms with Crippen molar-refractivity contribution in [1.82, 2.24) is 15.1 Å². The van der Waals surface area contributed by atoms with Crippen LogP contribution in [0, 0.1) is 0 Å². The number of hydrogen-bond acceptors (Lipinski definition) is 5. The Morgan fingerprint density at radius 2 is 2.00 bits per heavy atom. The molecular weight excluding hydrogens is 318 g/mol. The Morgan fingerprint density at radius 3 is 2.64 bits per heavy atom. The quantitative estimate of drug-likeness (QED) is 0.845. The number of amides is 1. The number of carbonyl (C=O) groups excluding carboxylic acids is 1. The lowest BCUT2D eigenvalue weighted by Crippen LogP contribution is -2.49. The summed E-state index contributed by atoms with van der Waals surface area (Å²) in [4.78, 5) is 16.8. The Bertz CT molecular complexity index is 579. The van der Waals surface area contributed by atoms with Gasteiger partial charge in [-0.2, -0.15) is 0 Å². The molecule has 25 heavy (non-hydrogen) atoms. The highest BCUT2D eigenvalue weighted by Gasteiger charge is 2.25. The summed E-state index contributed by atoms with van der Waals surface area (Å²) in [5, 5.41) is 3.41. The van der Waals surface area contributed by atoms with Crippen molar-refractivity contribution in [2.24, 2.45) is 0 Å². The predicted molar refractivity (Wildman–Crippen MR) is 97.0 cm³/mol. The van der Waals surface area contributed by atoms with Crippen molar-refractivity contribution >= 4 is 5.91 Å². The Hall–Kier alpha value is -1.79. The summed E-state index contributed by atoms with van der Waals surface area (Å²) in [5.41, 5.74) is 1.12. The highest BCUT2D eigenvalue weighted by molar-refractivity contribution is 5.77. The zero-order chi connectivity index (χ0) is 17.6. The molecule has 2 saturated heterocycles. The SMILES string of the molecule is COc1ccc(OC)c(CN2CCN(C(=O)CC3CCCN3)CC2)c1. The summed E-state index contributed by atoms with van der Waals surface area (Å²) >= 11 is 0. The van der Waals surface area contributed by atoms with Gasteiger partial charge >= 0.3 is 0 Å². The zero-order valence-corrected chi connectivity index (χ0v) is 15.3. The molecule has 6 heteroatoms. The highest BCUT2D eigenvalue weighted by Crippen LogP contribution is 2.25. The van der Waals surface area contributed by atoms with Crippen molar-refractivity contribution in [2.45, 2.75) is 31.8 Å². The van der Waals surface area contributed by atoms with Gasteiger partial charge in [0, 0.05) is 50.7 Å². The van der Waals surface area contributed by atoms with Crippen molar-refractivity contribution in [2.75, 3.05) is 46.9 Å². The number of nitrogens with zero attached hydrogens (tertiary/aromatic N) is 2. The van der Waals surface area contributed by atoms with Gasteiger partial charge in [-0.15, -0.1) is 0 Å². The van der Waals surface area contributed by atoms with Crippen LogP contribution in [0.3, 0.4) is 0 Å². The van der Waals surface area contributed by atoms with Crippen LogP contribution in [0.25, 0.3) is 0 Å². The third kappa shape index (κ3) is 4.64. The molecule has 0 bridgehead atoms. The smallest absolute Gasteiger partial charge is 0.224 e. The molecule has 1 aromatic carbocycles. The molecule has 2 aliphatic rings. The first-order valence-electron chi connectivity index (χ1n) is 9.14. The monoisotopic (exact) mass is 347 g/mol. The number of hydrogen-bond donors (Lipinski definition) is 1. The largest absolute Gasteiger partial charge is 0.497 e. The summed E-state index contributed by atoms with van der Waals surface area (Å²) in [6.45, 7) is 5.25. The Balaban J connectivity index is 1.51. The van der Waals surface area contributed by atoms with E-state index in [1.165, 1.54) is 6.42 Å². The van der Waals surface area contributed by atoms with E-state index in [-0.39, 0.29) is 5.91 Å². The van der Waals surface area contributed by atoms with Crippen molar-refractivity contribution < 1.29 is 14.3 Å². The van der Waals surface area contributed by atoms with Crippen LogP contribution in [0.4, 0.5) is 0 Å². The van der Waals surface area contributed by atoms with E-state index in [4.69, 9.17) is 9.47 Å². The lowest BCUT2D eigenvalue weighted by atomic mass is 10.1. The third-order valence-corrected chi connectivity index (χ3v) is 5.19. The van der Waals surface area contributed by atoms with Gasteiger partial charge in [0.05, 0.1) is 14.2 Å². The summed E-state index contributed by atoms with van der Waals surface area (Å²) in [7, 11) is 3.37. The second-order valence-electron chi connectivity index (χ2n) is 6.83. The zero-order valence-electron chi connectivity index (χ0n) is 15.3. The first kappa shape index (κ1) is 18.0. The molecule has 0 radical (unpaired) electrons. The number of piperazine rings is 1. The molecular formula is C19H29N3O3. The van der Waals surface area contributed by atoms with Crippen LogP contribution in [0.1, 0.15) is 24.8 Å². The fraction of sp³-hybridized carbons (Fsp3) is 0.632. The standard InChI is InChI=1S/C19H29N3O3/c1-24-17-5-6-18(25-2)15(12-17)14-21-8-10-22(11-9-21)19(23)13-16-4-3-7-20-16/h5-6,12,16,20H,3-4,7-11,13-14H2,1-2H3. The molecule has 3 rings (SSSR count). The molecule has 1 atom stereocenters. The van der Waals surface area contributed by atoms with Crippen LogP contribution in [0.5, 0.6) is 11.5 Å². The summed E-state index contributed by atoms with van der Waals surface area (Å²) in [5.74, 6) is 2.01. The lowest BCUT2D eigenvalue weighted by Gasteiger charge is -2.35. The van der Waals surface area contributed by atoms with Crippen LogP contribution in [-0.4, -0.2) is 68.7 Å². The molecule has 1 amide bonds. The first-order valence-corrected chi connectivity index (χ1v) is 9.14. The number of rotatable bonds is 6. The van der Waals surface area contributed by atoms with Crippen LogP contribution in [0.15, 0.2) is 18.2 Å². The highest BCUT2D eigenvalue weighted by atomic mass is 16.5. The minimum absolute atomic E-state index is 0.290. The molecule has 6 nitrogen and oxygen atoms in total. The average molecular weight is 347 g/mol. The molecule has 2 fully saturated rings. The van der Waals surface area contributed by atoms with E-state index in [0.717, 1.165) is 62.8 Å². The second-order valence-corrected chi connectivity index (χ2v) is 6.83. The maximum Gasteiger partial charge on any atom is 0.224 e. The Morgan fingerprint density at radius 1 is 1.20 bits per heavy atom. The minimum atomic E-state index is 0.290. The molecule has 1 aromatic rings. The average Bonchev–Trinajstić information content (AvgIpc) is 3.15. The maximum atomic E-state index is 12.4. The van der Waals surface area contributed by atoms with Crippen molar-refractivity contribution in [3.8, 4) is 11.5 Å². The van der Waals surface area contributed by atoms with Gasteiger partial charge in [0.15, 0.2) is 0 Å². The predicted octanol–water partition coefficient (Wildman–Crippen LogP) is 1.49. The normalized spacial score (nSPS) is 21.4. The summed E-state index contributed by atoms with van der Waals surface area (Å²) in [6, 6.07) is 6.27. The maximum absolute atomic E-state index is 12.4. The number of benzene rings is 1.